The molecule has 0 aliphatic heterocycles. The SMILES string of the molecule is CN=C(NCCc1cccc(C(=O)NC)c1)NCCc1nc(-c2cccc(Cl)c2)no1.I. The number of amides is 1. The molecule has 3 N–H and O–H groups in total. The highest BCUT2D eigenvalue weighted by Crippen LogP contribution is 2.19. The van der Waals surface area contributed by atoms with E-state index in [2.05, 4.69) is 31.1 Å². The van der Waals surface area contributed by atoms with Gasteiger partial charge in [-0.2, -0.15) is 4.98 Å². The van der Waals surface area contributed by atoms with E-state index in [-0.39, 0.29) is 29.9 Å². The number of aromatic nitrogens is 2. The summed E-state index contributed by atoms with van der Waals surface area (Å²) in [5.74, 6) is 1.63. The molecule has 3 aromatic rings. The molecule has 0 spiro atoms. The average molecular weight is 569 g/mol. The quantitative estimate of drug-likeness (QED) is 0.219. The summed E-state index contributed by atoms with van der Waals surface area (Å²) >= 11 is 6.01. The number of carbonyl (C=O) groups is 1. The molecule has 0 unspecified atom stereocenters. The lowest BCUT2D eigenvalue weighted by Crippen LogP contribution is -2.39. The maximum Gasteiger partial charge on any atom is 0.251 e. The molecule has 8 nitrogen and oxygen atoms in total. The van der Waals surface area contributed by atoms with E-state index in [0.29, 0.717) is 47.8 Å². The molecular formula is C22H26ClIN6O2. The van der Waals surface area contributed by atoms with Gasteiger partial charge in [0.1, 0.15) is 0 Å². The summed E-state index contributed by atoms with van der Waals surface area (Å²) < 4.78 is 5.32. The van der Waals surface area contributed by atoms with Gasteiger partial charge in [-0.15, -0.1) is 24.0 Å². The first kappa shape index (κ1) is 25.6. The van der Waals surface area contributed by atoms with E-state index < -0.39 is 0 Å². The van der Waals surface area contributed by atoms with Crippen LogP contribution in [0.15, 0.2) is 58.0 Å². The zero-order valence-corrected chi connectivity index (χ0v) is 21.0. The summed E-state index contributed by atoms with van der Waals surface area (Å²) in [5, 5.41) is 13.8. The predicted octanol–water partition coefficient (Wildman–Crippen LogP) is 3.32. The fraction of sp³-hybridized carbons (Fsp3) is 0.273. The molecular weight excluding hydrogens is 543 g/mol. The molecule has 0 bridgehead atoms. The average Bonchev–Trinajstić information content (AvgIpc) is 3.26. The highest BCUT2D eigenvalue weighted by atomic mass is 127. The van der Waals surface area contributed by atoms with Crippen molar-refractivity contribution in [2.24, 2.45) is 4.99 Å². The van der Waals surface area contributed by atoms with Gasteiger partial charge in [0.2, 0.25) is 11.7 Å². The van der Waals surface area contributed by atoms with Crippen LogP contribution in [-0.2, 0) is 12.8 Å². The van der Waals surface area contributed by atoms with Crippen LogP contribution in [0, 0.1) is 0 Å². The third-order valence-corrected chi connectivity index (χ3v) is 4.76. The van der Waals surface area contributed by atoms with E-state index in [9.17, 15) is 4.79 Å². The Morgan fingerprint density at radius 2 is 1.84 bits per heavy atom. The summed E-state index contributed by atoms with van der Waals surface area (Å²) in [6, 6.07) is 14.9. The molecule has 0 fully saturated rings. The predicted molar refractivity (Wildman–Crippen MR) is 137 cm³/mol. The Morgan fingerprint density at radius 3 is 2.56 bits per heavy atom. The molecule has 0 aliphatic carbocycles. The van der Waals surface area contributed by atoms with Crippen molar-refractivity contribution in [1.29, 1.82) is 0 Å². The first-order valence-corrected chi connectivity index (χ1v) is 10.3. The summed E-state index contributed by atoms with van der Waals surface area (Å²) in [6.07, 6.45) is 1.32. The van der Waals surface area contributed by atoms with E-state index in [1.165, 1.54) is 0 Å². The summed E-state index contributed by atoms with van der Waals surface area (Å²) in [5.41, 5.74) is 2.54. The van der Waals surface area contributed by atoms with Gasteiger partial charge in [-0.1, -0.05) is 41.0 Å². The Hall–Kier alpha value is -2.66. The van der Waals surface area contributed by atoms with Crippen molar-refractivity contribution in [3.05, 3.63) is 70.6 Å². The lowest BCUT2D eigenvalue weighted by Gasteiger charge is -2.11. The molecule has 0 radical (unpaired) electrons. The van der Waals surface area contributed by atoms with Crippen LogP contribution < -0.4 is 16.0 Å². The molecule has 2 aromatic carbocycles. The Labute approximate surface area is 209 Å². The number of nitrogens with zero attached hydrogens (tertiary/aromatic N) is 3. The fourth-order valence-electron chi connectivity index (χ4n) is 2.95. The second-order valence-corrected chi connectivity index (χ2v) is 7.16. The summed E-state index contributed by atoms with van der Waals surface area (Å²) in [6.45, 7) is 1.26. The molecule has 0 saturated heterocycles. The van der Waals surface area contributed by atoms with Gasteiger partial charge in [-0.25, -0.2) is 0 Å². The standard InChI is InChI=1S/C22H25ClN6O2.HI/c1-24-21(30)17-7-3-5-15(13-17)9-11-26-22(25-2)27-12-10-19-28-20(29-31-19)16-6-4-8-18(23)14-16;/h3-8,13-14H,9-12H2,1-2H3,(H,24,30)(H2,25,26,27);1H. The molecule has 3 rings (SSSR count). The molecule has 0 saturated carbocycles. The van der Waals surface area contributed by atoms with Crippen LogP contribution in [-0.4, -0.2) is 49.2 Å². The first-order valence-electron chi connectivity index (χ1n) is 9.93. The molecule has 10 heteroatoms. The third kappa shape index (κ3) is 7.49. The zero-order valence-electron chi connectivity index (χ0n) is 17.9. The number of hydrogen-bond acceptors (Lipinski definition) is 5. The molecule has 1 heterocycles. The molecule has 32 heavy (non-hydrogen) atoms. The van der Waals surface area contributed by atoms with Crippen molar-refractivity contribution in [1.82, 2.24) is 26.1 Å². The van der Waals surface area contributed by atoms with Crippen molar-refractivity contribution < 1.29 is 9.32 Å². The number of guanidine groups is 1. The molecule has 0 atom stereocenters. The molecule has 1 aromatic heterocycles. The van der Waals surface area contributed by atoms with Gasteiger partial charge in [0.05, 0.1) is 0 Å². The second kappa shape index (κ2) is 13.0. The Balaban J connectivity index is 0.00000363. The normalized spacial score (nSPS) is 10.9. The minimum absolute atomic E-state index is 0. The summed E-state index contributed by atoms with van der Waals surface area (Å²) in [4.78, 5) is 20.4. The highest BCUT2D eigenvalue weighted by Gasteiger charge is 2.09. The van der Waals surface area contributed by atoms with Crippen molar-refractivity contribution in [3.63, 3.8) is 0 Å². The molecule has 0 aliphatic rings. The zero-order chi connectivity index (χ0) is 22.1. The Morgan fingerprint density at radius 1 is 1.09 bits per heavy atom. The minimum atomic E-state index is -0.0909. The number of carbonyl (C=O) groups excluding carboxylic acids is 1. The number of rotatable bonds is 8. The summed E-state index contributed by atoms with van der Waals surface area (Å²) in [7, 11) is 3.34. The van der Waals surface area contributed by atoms with Crippen molar-refractivity contribution in [2.75, 3.05) is 27.2 Å². The van der Waals surface area contributed by atoms with Gasteiger partial charge in [0.15, 0.2) is 5.96 Å². The van der Waals surface area contributed by atoms with Gasteiger partial charge in [0.25, 0.3) is 5.91 Å². The Kier molecular flexibility index (Phi) is 10.4. The third-order valence-electron chi connectivity index (χ3n) is 4.53. The van der Waals surface area contributed by atoms with Crippen LogP contribution in [0.25, 0.3) is 11.4 Å². The number of nitrogens with one attached hydrogen (secondary N) is 3. The van der Waals surface area contributed by atoms with Crippen LogP contribution in [0.1, 0.15) is 21.8 Å². The van der Waals surface area contributed by atoms with Gasteiger partial charge in [-0.05, 0) is 36.2 Å². The van der Waals surface area contributed by atoms with Gasteiger partial charge < -0.3 is 20.5 Å². The number of benzene rings is 2. The van der Waals surface area contributed by atoms with E-state index in [0.717, 1.165) is 17.5 Å². The number of aliphatic imine (C=N–C) groups is 1. The monoisotopic (exact) mass is 568 g/mol. The van der Waals surface area contributed by atoms with Gasteiger partial charge >= 0.3 is 0 Å². The fourth-order valence-corrected chi connectivity index (χ4v) is 3.14. The molecule has 1 amide bonds. The van der Waals surface area contributed by atoms with Gasteiger partial charge in [-0.3, -0.25) is 9.79 Å². The Bertz CT molecular complexity index is 1060. The first-order chi connectivity index (χ1) is 15.1. The van der Waals surface area contributed by atoms with E-state index in [4.69, 9.17) is 16.1 Å². The number of halogens is 2. The van der Waals surface area contributed by atoms with E-state index in [1.54, 1.807) is 32.3 Å². The lowest BCUT2D eigenvalue weighted by molar-refractivity contribution is 0.0963. The van der Waals surface area contributed by atoms with E-state index >= 15 is 0 Å². The van der Waals surface area contributed by atoms with Crippen LogP contribution in [0.4, 0.5) is 0 Å². The van der Waals surface area contributed by atoms with Crippen LogP contribution in [0.3, 0.4) is 0 Å². The number of hydrogen-bond donors (Lipinski definition) is 3. The molecule has 170 valence electrons. The van der Waals surface area contributed by atoms with Crippen LogP contribution in [0.5, 0.6) is 0 Å². The second-order valence-electron chi connectivity index (χ2n) is 6.73. The smallest absolute Gasteiger partial charge is 0.251 e. The highest BCUT2D eigenvalue weighted by molar-refractivity contribution is 14.0. The van der Waals surface area contributed by atoms with Gasteiger partial charge in [0, 0.05) is 49.8 Å². The largest absolute Gasteiger partial charge is 0.356 e. The van der Waals surface area contributed by atoms with Crippen molar-refractivity contribution >= 4 is 47.4 Å². The topological polar surface area (TPSA) is 104 Å². The lowest BCUT2D eigenvalue weighted by atomic mass is 10.1. The van der Waals surface area contributed by atoms with Crippen molar-refractivity contribution in [2.45, 2.75) is 12.8 Å². The van der Waals surface area contributed by atoms with Crippen LogP contribution >= 0.6 is 35.6 Å². The van der Waals surface area contributed by atoms with Crippen molar-refractivity contribution in [3.8, 4) is 11.4 Å². The maximum atomic E-state index is 11.7. The van der Waals surface area contributed by atoms with Crippen LogP contribution in [0.2, 0.25) is 5.02 Å². The van der Waals surface area contributed by atoms with E-state index in [1.807, 2.05) is 30.3 Å². The minimum Gasteiger partial charge on any atom is -0.356 e. The maximum absolute atomic E-state index is 11.7.